The van der Waals surface area contributed by atoms with Gasteiger partial charge in [0.15, 0.2) is 0 Å². The van der Waals surface area contributed by atoms with Crippen molar-refractivity contribution in [3.63, 3.8) is 0 Å². The van der Waals surface area contributed by atoms with Gasteiger partial charge in [-0.05, 0) is 37.5 Å². The molecule has 7 nitrogen and oxygen atoms in total. The number of carbonyl (C=O) groups is 4. The van der Waals surface area contributed by atoms with E-state index in [1.165, 1.54) is 4.90 Å². The van der Waals surface area contributed by atoms with Crippen molar-refractivity contribution in [3.8, 4) is 0 Å². The number of nitrogens with zero attached hydrogens (tertiary/aromatic N) is 2. The Morgan fingerprint density at radius 1 is 1.32 bits per heavy atom. The molecule has 7 heteroatoms. The van der Waals surface area contributed by atoms with E-state index in [1.807, 2.05) is 26.0 Å². The van der Waals surface area contributed by atoms with Crippen LogP contribution in [0, 0.1) is 0 Å². The normalized spacial score (nSPS) is 19.9. The summed E-state index contributed by atoms with van der Waals surface area (Å²) in [5.74, 6) is -0.896. The maximum Gasteiger partial charge on any atom is 0.255 e. The summed E-state index contributed by atoms with van der Waals surface area (Å²) in [6.45, 7) is 4.70. The fourth-order valence-electron chi connectivity index (χ4n) is 3.28. The largest absolute Gasteiger partial charge is 0.339 e. The van der Waals surface area contributed by atoms with Crippen LogP contribution in [0.15, 0.2) is 18.2 Å². The van der Waals surface area contributed by atoms with Gasteiger partial charge in [0.2, 0.25) is 18.2 Å². The van der Waals surface area contributed by atoms with Crippen molar-refractivity contribution in [2.24, 2.45) is 0 Å². The summed E-state index contributed by atoms with van der Waals surface area (Å²) < 4.78 is 0. The Hall–Kier alpha value is -2.70. The van der Waals surface area contributed by atoms with E-state index in [1.54, 1.807) is 11.0 Å². The minimum atomic E-state index is -0.608. The summed E-state index contributed by atoms with van der Waals surface area (Å²) in [4.78, 5) is 50.3. The molecule has 1 aromatic carbocycles. The Balaban J connectivity index is 1.78. The molecule has 0 saturated carbocycles. The third-order valence-corrected chi connectivity index (χ3v) is 4.75. The summed E-state index contributed by atoms with van der Waals surface area (Å²) in [5, 5.41) is 2.29. The standard InChI is InChI=1S/C18H21N3O4/c1-11(2)20(10-22)8-12-3-4-14-13(7-12)9-21(18(14)25)15-5-6-16(23)19-17(15)24/h3-4,7,10-11,15H,5-6,8-9H2,1-2H3,(H,19,23,24). The van der Waals surface area contributed by atoms with Gasteiger partial charge < -0.3 is 9.80 Å². The van der Waals surface area contributed by atoms with E-state index >= 15 is 0 Å². The molecule has 0 aliphatic carbocycles. The fraction of sp³-hybridized carbons (Fsp3) is 0.444. The van der Waals surface area contributed by atoms with Gasteiger partial charge in [-0.25, -0.2) is 0 Å². The Labute approximate surface area is 146 Å². The van der Waals surface area contributed by atoms with Crippen molar-refractivity contribution in [2.75, 3.05) is 0 Å². The molecule has 1 unspecified atom stereocenters. The number of piperidine rings is 1. The predicted octanol–water partition coefficient (Wildman–Crippen LogP) is 0.814. The van der Waals surface area contributed by atoms with Crippen LogP contribution in [0.25, 0.3) is 0 Å². The van der Waals surface area contributed by atoms with Gasteiger partial charge in [0.1, 0.15) is 6.04 Å². The van der Waals surface area contributed by atoms with Gasteiger partial charge in [0.05, 0.1) is 0 Å². The molecular formula is C18H21N3O4. The number of carbonyl (C=O) groups excluding carboxylic acids is 4. The molecule has 4 amide bonds. The van der Waals surface area contributed by atoms with Crippen LogP contribution >= 0.6 is 0 Å². The number of fused-ring (bicyclic) bond motifs is 1. The fourth-order valence-corrected chi connectivity index (χ4v) is 3.28. The topological polar surface area (TPSA) is 86.8 Å². The molecule has 1 N–H and O–H groups in total. The van der Waals surface area contributed by atoms with Crippen molar-refractivity contribution in [1.82, 2.24) is 15.1 Å². The Bertz CT molecular complexity index is 744. The van der Waals surface area contributed by atoms with E-state index < -0.39 is 11.9 Å². The van der Waals surface area contributed by atoms with Crippen LogP contribution in [0.1, 0.15) is 48.2 Å². The molecule has 0 spiro atoms. The molecule has 2 aliphatic heterocycles. The lowest BCUT2D eigenvalue weighted by atomic mass is 10.0. The van der Waals surface area contributed by atoms with E-state index in [0.29, 0.717) is 25.1 Å². The van der Waals surface area contributed by atoms with Crippen molar-refractivity contribution in [3.05, 3.63) is 34.9 Å². The van der Waals surface area contributed by atoms with E-state index in [-0.39, 0.29) is 24.3 Å². The first-order valence-corrected chi connectivity index (χ1v) is 8.38. The van der Waals surface area contributed by atoms with E-state index in [4.69, 9.17) is 0 Å². The third-order valence-electron chi connectivity index (χ3n) is 4.75. The van der Waals surface area contributed by atoms with Crippen LogP contribution in [0.3, 0.4) is 0 Å². The molecule has 2 aliphatic rings. The maximum atomic E-state index is 12.6. The zero-order valence-corrected chi connectivity index (χ0v) is 14.3. The van der Waals surface area contributed by atoms with Crippen molar-refractivity contribution in [1.29, 1.82) is 0 Å². The van der Waals surface area contributed by atoms with Gasteiger partial charge in [-0.2, -0.15) is 0 Å². The molecular weight excluding hydrogens is 322 g/mol. The molecule has 132 valence electrons. The monoisotopic (exact) mass is 343 g/mol. The number of hydrogen-bond acceptors (Lipinski definition) is 4. The SMILES string of the molecule is CC(C)N(C=O)Cc1ccc2c(c1)CN(C1CCC(=O)NC1=O)C2=O. The van der Waals surface area contributed by atoms with Gasteiger partial charge in [0.25, 0.3) is 5.91 Å². The molecule has 1 fully saturated rings. The molecule has 1 atom stereocenters. The minimum Gasteiger partial charge on any atom is -0.339 e. The van der Waals surface area contributed by atoms with Crippen LogP contribution in [0.5, 0.6) is 0 Å². The first kappa shape index (κ1) is 17.1. The highest BCUT2D eigenvalue weighted by molar-refractivity contribution is 6.05. The summed E-state index contributed by atoms with van der Waals surface area (Å²) in [5.41, 5.74) is 2.37. The Kier molecular flexibility index (Phi) is 4.57. The second-order valence-electron chi connectivity index (χ2n) is 6.76. The number of rotatable bonds is 5. The molecule has 0 radical (unpaired) electrons. The summed E-state index contributed by atoms with van der Waals surface area (Å²) in [6.07, 6.45) is 1.41. The number of imide groups is 1. The minimum absolute atomic E-state index is 0.0901. The van der Waals surface area contributed by atoms with E-state index in [0.717, 1.165) is 17.5 Å². The average molecular weight is 343 g/mol. The number of nitrogens with one attached hydrogen (secondary N) is 1. The third kappa shape index (κ3) is 3.26. The lowest BCUT2D eigenvalue weighted by Gasteiger charge is -2.29. The lowest BCUT2D eigenvalue weighted by Crippen LogP contribution is -2.52. The molecule has 0 aromatic heterocycles. The second-order valence-corrected chi connectivity index (χ2v) is 6.76. The van der Waals surface area contributed by atoms with Gasteiger partial charge in [-0.3, -0.25) is 24.5 Å². The van der Waals surface area contributed by atoms with Crippen molar-refractivity contribution >= 4 is 24.1 Å². The van der Waals surface area contributed by atoms with Crippen LogP contribution in [-0.4, -0.2) is 46.0 Å². The highest BCUT2D eigenvalue weighted by Crippen LogP contribution is 2.28. The predicted molar refractivity (Wildman–Crippen MR) is 89.2 cm³/mol. The summed E-state index contributed by atoms with van der Waals surface area (Å²) in [6, 6.07) is 4.99. The van der Waals surface area contributed by atoms with Gasteiger partial charge >= 0.3 is 0 Å². The molecule has 1 aromatic rings. The van der Waals surface area contributed by atoms with Crippen LogP contribution in [-0.2, 0) is 27.5 Å². The van der Waals surface area contributed by atoms with Crippen LogP contribution in [0.2, 0.25) is 0 Å². The zero-order valence-electron chi connectivity index (χ0n) is 14.3. The Morgan fingerprint density at radius 2 is 2.08 bits per heavy atom. The summed E-state index contributed by atoms with van der Waals surface area (Å²) >= 11 is 0. The van der Waals surface area contributed by atoms with Gasteiger partial charge in [0, 0.05) is 31.1 Å². The maximum absolute atomic E-state index is 12.6. The molecule has 2 heterocycles. The highest BCUT2D eigenvalue weighted by Gasteiger charge is 2.39. The van der Waals surface area contributed by atoms with Gasteiger partial charge in [-0.1, -0.05) is 12.1 Å². The molecule has 1 saturated heterocycles. The molecule has 3 rings (SSSR count). The first-order valence-electron chi connectivity index (χ1n) is 8.38. The second kappa shape index (κ2) is 6.66. The quantitative estimate of drug-likeness (QED) is 0.633. The molecule has 25 heavy (non-hydrogen) atoms. The molecule has 0 bridgehead atoms. The number of benzene rings is 1. The number of amides is 4. The first-order chi connectivity index (χ1) is 11.9. The van der Waals surface area contributed by atoms with Crippen LogP contribution < -0.4 is 5.32 Å². The smallest absolute Gasteiger partial charge is 0.255 e. The van der Waals surface area contributed by atoms with Crippen molar-refractivity contribution < 1.29 is 19.2 Å². The van der Waals surface area contributed by atoms with E-state index in [2.05, 4.69) is 5.32 Å². The lowest BCUT2D eigenvalue weighted by molar-refractivity contribution is -0.137. The highest BCUT2D eigenvalue weighted by atomic mass is 16.2. The van der Waals surface area contributed by atoms with Gasteiger partial charge in [-0.15, -0.1) is 0 Å². The zero-order chi connectivity index (χ0) is 18.1. The van der Waals surface area contributed by atoms with E-state index in [9.17, 15) is 19.2 Å². The number of hydrogen-bond donors (Lipinski definition) is 1. The average Bonchev–Trinajstić information content (AvgIpc) is 2.88. The van der Waals surface area contributed by atoms with Crippen molar-refractivity contribution in [2.45, 2.75) is 51.9 Å². The Morgan fingerprint density at radius 3 is 2.72 bits per heavy atom. The van der Waals surface area contributed by atoms with Crippen LogP contribution in [0.4, 0.5) is 0 Å². The summed E-state index contributed by atoms with van der Waals surface area (Å²) in [7, 11) is 0.